The molecule has 2 heterocycles. The standard InChI is InChI=1S/C20H27N3OSi/c1-20(2,3)25(4,5)24-14-13-23-12-9-16-15-17(7-8-18(16)23)19-21-10-6-11-22-19/h6-12,15H,13-14H2,1-5H3. The zero-order chi connectivity index (χ0) is 18.1. The van der Waals surface area contributed by atoms with Crippen LogP contribution in [0.25, 0.3) is 22.3 Å². The predicted octanol–water partition coefficient (Wildman–Crippen LogP) is 5.12. The number of nitrogens with zero attached hydrogens (tertiary/aromatic N) is 3. The van der Waals surface area contributed by atoms with Gasteiger partial charge in [0.25, 0.3) is 0 Å². The molecular weight excluding hydrogens is 326 g/mol. The van der Waals surface area contributed by atoms with Crippen LogP contribution >= 0.6 is 0 Å². The normalized spacial score (nSPS) is 12.7. The molecular formula is C20H27N3OSi. The van der Waals surface area contributed by atoms with Crippen molar-refractivity contribution in [1.29, 1.82) is 0 Å². The molecule has 0 bridgehead atoms. The van der Waals surface area contributed by atoms with Crippen molar-refractivity contribution in [2.75, 3.05) is 6.61 Å². The third-order valence-corrected chi connectivity index (χ3v) is 9.73. The Morgan fingerprint density at radius 1 is 1.08 bits per heavy atom. The van der Waals surface area contributed by atoms with E-state index in [-0.39, 0.29) is 5.04 Å². The Morgan fingerprint density at radius 3 is 2.48 bits per heavy atom. The molecule has 2 aromatic heterocycles. The first kappa shape index (κ1) is 17.8. The van der Waals surface area contributed by atoms with E-state index in [2.05, 4.69) is 78.9 Å². The van der Waals surface area contributed by atoms with E-state index in [4.69, 9.17) is 4.43 Å². The minimum Gasteiger partial charge on any atom is -0.415 e. The molecule has 25 heavy (non-hydrogen) atoms. The first-order chi connectivity index (χ1) is 11.8. The Morgan fingerprint density at radius 2 is 1.80 bits per heavy atom. The molecule has 1 aromatic carbocycles. The van der Waals surface area contributed by atoms with E-state index in [1.54, 1.807) is 12.4 Å². The molecule has 4 nitrogen and oxygen atoms in total. The Hall–Kier alpha value is -1.98. The maximum atomic E-state index is 6.31. The maximum Gasteiger partial charge on any atom is 0.192 e. The first-order valence-corrected chi connectivity index (χ1v) is 11.7. The van der Waals surface area contributed by atoms with Gasteiger partial charge in [0.2, 0.25) is 0 Å². The molecule has 3 rings (SSSR count). The van der Waals surface area contributed by atoms with Gasteiger partial charge >= 0.3 is 0 Å². The molecule has 0 atom stereocenters. The number of aromatic nitrogens is 3. The van der Waals surface area contributed by atoms with Crippen LogP contribution < -0.4 is 0 Å². The zero-order valence-electron chi connectivity index (χ0n) is 15.8. The van der Waals surface area contributed by atoms with Gasteiger partial charge in [-0.1, -0.05) is 20.8 Å². The fourth-order valence-corrected chi connectivity index (χ4v) is 3.63. The summed E-state index contributed by atoms with van der Waals surface area (Å²) in [5, 5.41) is 1.45. The molecule has 0 saturated carbocycles. The SMILES string of the molecule is CC(C)(C)[Si](C)(C)OCCn1ccc2cc(-c3ncccn3)ccc21. The van der Waals surface area contributed by atoms with Crippen LogP contribution in [0.1, 0.15) is 20.8 Å². The summed E-state index contributed by atoms with van der Waals surface area (Å²) in [5.41, 5.74) is 2.27. The highest BCUT2D eigenvalue weighted by Crippen LogP contribution is 2.36. The third kappa shape index (κ3) is 3.83. The second kappa shape index (κ2) is 6.73. The first-order valence-electron chi connectivity index (χ1n) is 8.78. The van der Waals surface area contributed by atoms with Crippen LogP contribution in [-0.2, 0) is 11.0 Å². The van der Waals surface area contributed by atoms with Gasteiger partial charge in [-0.25, -0.2) is 9.97 Å². The second-order valence-corrected chi connectivity index (χ2v) is 12.8. The minimum atomic E-state index is -1.69. The molecule has 0 N–H and O–H groups in total. The summed E-state index contributed by atoms with van der Waals surface area (Å²) in [5.74, 6) is 0.762. The van der Waals surface area contributed by atoms with E-state index in [9.17, 15) is 0 Å². The van der Waals surface area contributed by atoms with Crippen molar-refractivity contribution >= 4 is 19.2 Å². The van der Waals surface area contributed by atoms with Crippen molar-refractivity contribution in [1.82, 2.24) is 14.5 Å². The van der Waals surface area contributed by atoms with Crippen molar-refractivity contribution in [3.8, 4) is 11.4 Å². The van der Waals surface area contributed by atoms with E-state index in [0.29, 0.717) is 0 Å². The largest absolute Gasteiger partial charge is 0.415 e. The lowest BCUT2D eigenvalue weighted by Gasteiger charge is -2.36. The van der Waals surface area contributed by atoms with Crippen LogP contribution in [0.5, 0.6) is 0 Å². The van der Waals surface area contributed by atoms with Crippen molar-refractivity contribution in [3.05, 3.63) is 48.9 Å². The van der Waals surface area contributed by atoms with Crippen LogP contribution in [0.15, 0.2) is 48.9 Å². The Kier molecular flexibility index (Phi) is 4.80. The monoisotopic (exact) mass is 353 g/mol. The van der Waals surface area contributed by atoms with Crippen molar-refractivity contribution in [2.45, 2.75) is 45.4 Å². The molecule has 0 unspecified atom stereocenters. The smallest absolute Gasteiger partial charge is 0.192 e. The summed E-state index contributed by atoms with van der Waals surface area (Å²) in [6.45, 7) is 13.0. The minimum absolute atomic E-state index is 0.246. The van der Waals surface area contributed by atoms with Gasteiger partial charge in [0.05, 0.1) is 6.61 Å². The number of benzene rings is 1. The summed E-state index contributed by atoms with van der Waals surface area (Å²) in [4.78, 5) is 8.66. The molecule has 5 heteroatoms. The lowest BCUT2D eigenvalue weighted by Crippen LogP contribution is -2.41. The number of rotatable bonds is 5. The average molecular weight is 354 g/mol. The number of fused-ring (bicyclic) bond motifs is 1. The van der Waals surface area contributed by atoms with Gasteiger partial charge in [0.1, 0.15) is 0 Å². The fourth-order valence-electron chi connectivity index (χ4n) is 2.60. The van der Waals surface area contributed by atoms with Crippen LogP contribution in [0.4, 0.5) is 0 Å². The van der Waals surface area contributed by atoms with E-state index in [0.717, 1.165) is 24.5 Å². The van der Waals surface area contributed by atoms with Crippen molar-refractivity contribution in [2.24, 2.45) is 0 Å². The van der Waals surface area contributed by atoms with Gasteiger partial charge in [0.15, 0.2) is 14.1 Å². The summed E-state index contributed by atoms with van der Waals surface area (Å²) in [6, 6.07) is 10.4. The van der Waals surface area contributed by atoms with Gasteiger partial charge in [-0.2, -0.15) is 0 Å². The fraction of sp³-hybridized carbons (Fsp3) is 0.400. The predicted molar refractivity (Wildman–Crippen MR) is 106 cm³/mol. The molecule has 132 valence electrons. The highest BCUT2D eigenvalue weighted by Gasteiger charge is 2.36. The molecule has 0 fully saturated rings. The van der Waals surface area contributed by atoms with Crippen LogP contribution in [0, 0.1) is 0 Å². The van der Waals surface area contributed by atoms with E-state index < -0.39 is 8.32 Å². The van der Waals surface area contributed by atoms with E-state index >= 15 is 0 Å². The average Bonchev–Trinajstić information content (AvgIpc) is 2.97. The molecule has 3 aromatic rings. The Labute approximate surface area is 151 Å². The number of hydrogen-bond donors (Lipinski definition) is 0. The van der Waals surface area contributed by atoms with Crippen molar-refractivity contribution in [3.63, 3.8) is 0 Å². The highest BCUT2D eigenvalue weighted by atomic mass is 28.4. The van der Waals surface area contributed by atoms with Crippen LogP contribution in [0.2, 0.25) is 18.1 Å². The molecule has 0 aliphatic rings. The summed E-state index contributed by atoms with van der Waals surface area (Å²) < 4.78 is 8.57. The van der Waals surface area contributed by atoms with Gasteiger partial charge in [-0.15, -0.1) is 0 Å². The lowest BCUT2D eigenvalue weighted by molar-refractivity contribution is 0.273. The van der Waals surface area contributed by atoms with E-state index in [1.165, 1.54) is 10.9 Å². The highest BCUT2D eigenvalue weighted by molar-refractivity contribution is 6.74. The summed E-state index contributed by atoms with van der Waals surface area (Å²) in [7, 11) is -1.69. The van der Waals surface area contributed by atoms with Crippen LogP contribution in [0.3, 0.4) is 0 Å². The van der Waals surface area contributed by atoms with Crippen molar-refractivity contribution < 1.29 is 4.43 Å². The molecule has 0 spiro atoms. The van der Waals surface area contributed by atoms with Crippen LogP contribution in [-0.4, -0.2) is 29.5 Å². The quantitative estimate of drug-likeness (QED) is 0.598. The van der Waals surface area contributed by atoms with Gasteiger partial charge in [-0.3, -0.25) is 0 Å². The lowest BCUT2D eigenvalue weighted by atomic mass is 10.1. The van der Waals surface area contributed by atoms with Gasteiger partial charge in [-0.05, 0) is 48.5 Å². The summed E-state index contributed by atoms with van der Waals surface area (Å²) >= 11 is 0. The molecule has 0 aliphatic carbocycles. The molecule has 0 amide bonds. The number of hydrogen-bond acceptors (Lipinski definition) is 3. The molecule has 0 radical (unpaired) electrons. The van der Waals surface area contributed by atoms with Gasteiger partial charge < -0.3 is 8.99 Å². The Bertz CT molecular complexity index is 850. The topological polar surface area (TPSA) is 39.9 Å². The Balaban J connectivity index is 1.74. The molecule has 0 aliphatic heterocycles. The zero-order valence-corrected chi connectivity index (χ0v) is 16.8. The van der Waals surface area contributed by atoms with Gasteiger partial charge in [0, 0.05) is 41.6 Å². The third-order valence-electron chi connectivity index (χ3n) is 5.20. The molecule has 0 saturated heterocycles. The van der Waals surface area contributed by atoms with E-state index in [1.807, 2.05) is 6.07 Å². The maximum absolute atomic E-state index is 6.31. The summed E-state index contributed by atoms with van der Waals surface area (Å²) in [6.07, 6.45) is 5.68. The second-order valence-electron chi connectivity index (χ2n) is 7.96.